The zero-order valence-corrected chi connectivity index (χ0v) is 10.1. The molecule has 1 aromatic rings. The molecule has 6 heteroatoms. The highest BCUT2D eigenvalue weighted by Gasteiger charge is 2.17. The van der Waals surface area contributed by atoms with E-state index in [0.29, 0.717) is 32.0 Å². The average Bonchev–Trinajstić information content (AvgIpc) is 2.40. The number of anilines is 1. The SMILES string of the molecule is COc1ccc(NC(=O)N2CCOCC2)cc1F. The van der Waals surface area contributed by atoms with E-state index in [2.05, 4.69) is 5.32 Å². The molecule has 1 aromatic carbocycles. The maximum Gasteiger partial charge on any atom is 0.322 e. The maximum atomic E-state index is 13.4. The van der Waals surface area contributed by atoms with Gasteiger partial charge in [-0.3, -0.25) is 0 Å². The van der Waals surface area contributed by atoms with E-state index in [4.69, 9.17) is 9.47 Å². The van der Waals surface area contributed by atoms with Gasteiger partial charge in [-0.15, -0.1) is 0 Å². The second-order valence-corrected chi connectivity index (χ2v) is 3.88. The zero-order chi connectivity index (χ0) is 13.0. The van der Waals surface area contributed by atoms with Crippen molar-refractivity contribution in [2.75, 3.05) is 38.7 Å². The lowest BCUT2D eigenvalue weighted by Gasteiger charge is -2.26. The second kappa shape index (κ2) is 5.68. The summed E-state index contributed by atoms with van der Waals surface area (Å²) in [4.78, 5) is 13.5. The molecule has 0 aliphatic carbocycles. The normalized spacial score (nSPS) is 15.3. The van der Waals surface area contributed by atoms with Gasteiger partial charge in [0.1, 0.15) is 0 Å². The first-order chi connectivity index (χ1) is 8.70. The molecule has 1 saturated heterocycles. The third kappa shape index (κ3) is 2.89. The van der Waals surface area contributed by atoms with Crippen molar-refractivity contribution in [1.82, 2.24) is 4.90 Å². The van der Waals surface area contributed by atoms with Gasteiger partial charge >= 0.3 is 6.03 Å². The number of benzene rings is 1. The number of halogens is 1. The Hall–Kier alpha value is -1.82. The fourth-order valence-corrected chi connectivity index (χ4v) is 1.71. The molecular formula is C12H15FN2O3. The van der Waals surface area contributed by atoms with Crippen LogP contribution in [0.1, 0.15) is 0 Å². The first-order valence-electron chi connectivity index (χ1n) is 5.68. The summed E-state index contributed by atoms with van der Waals surface area (Å²) in [6.45, 7) is 2.16. The van der Waals surface area contributed by atoms with Crippen molar-refractivity contribution in [3.63, 3.8) is 0 Å². The molecule has 1 fully saturated rings. The van der Waals surface area contributed by atoms with Crippen molar-refractivity contribution in [3.05, 3.63) is 24.0 Å². The van der Waals surface area contributed by atoms with E-state index in [0.717, 1.165) is 0 Å². The smallest absolute Gasteiger partial charge is 0.322 e. The predicted octanol–water partition coefficient (Wildman–Crippen LogP) is 1.70. The number of hydrogen-bond acceptors (Lipinski definition) is 3. The Bertz CT molecular complexity index is 433. The minimum atomic E-state index is -0.503. The molecule has 1 aliphatic heterocycles. The van der Waals surface area contributed by atoms with Crippen LogP contribution < -0.4 is 10.1 Å². The number of carbonyl (C=O) groups is 1. The van der Waals surface area contributed by atoms with E-state index in [1.165, 1.54) is 19.2 Å². The molecule has 0 aromatic heterocycles. The van der Waals surface area contributed by atoms with Crippen molar-refractivity contribution in [3.8, 4) is 5.75 Å². The molecule has 0 spiro atoms. The highest BCUT2D eigenvalue weighted by atomic mass is 19.1. The Morgan fingerprint density at radius 1 is 1.44 bits per heavy atom. The van der Waals surface area contributed by atoms with Crippen LogP contribution in [0.15, 0.2) is 18.2 Å². The third-order valence-corrected chi connectivity index (χ3v) is 2.70. The molecule has 0 bridgehead atoms. The van der Waals surface area contributed by atoms with E-state index in [1.54, 1.807) is 11.0 Å². The summed E-state index contributed by atoms with van der Waals surface area (Å²) in [5, 5.41) is 2.64. The van der Waals surface area contributed by atoms with Gasteiger partial charge in [0.2, 0.25) is 0 Å². The molecule has 2 rings (SSSR count). The van der Waals surface area contributed by atoms with E-state index >= 15 is 0 Å². The van der Waals surface area contributed by atoms with Crippen molar-refractivity contribution in [2.45, 2.75) is 0 Å². The molecule has 1 heterocycles. The van der Waals surface area contributed by atoms with Gasteiger partial charge in [0, 0.05) is 24.8 Å². The molecule has 0 unspecified atom stereocenters. The van der Waals surface area contributed by atoms with Crippen LogP contribution in [0.3, 0.4) is 0 Å². The van der Waals surface area contributed by atoms with Crippen LogP contribution in [0.25, 0.3) is 0 Å². The molecule has 98 valence electrons. The first-order valence-corrected chi connectivity index (χ1v) is 5.68. The number of morpholine rings is 1. The number of amides is 2. The fourth-order valence-electron chi connectivity index (χ4n) is 1.71. The second-order valence-electron chi connectivity index (χ2n) is 3.88. The van der Waals surface area contributed by atoms with Gasteiger partial charge in [-0.2, -0.15) is 0 Å². The Morgan fingerprint density at radius 3 is 2.78 bits per heavy atom. The van der Waals surface area contributed by atoms with E-state index in [9.17, 15) is 9.18 Å². The predicted molar refractivity (Wildman–Crippen MR) is 64.4 cm³/mol. The first kappa shape index (κ1) is 12.6. The highest BCUT2D eigenvalue weighted by Crippen LogP contribution is 2.20. The van der Waals surface area contributed by atoms with Crippen LogP contribution in [0.4, 0.5) is 14.9 Å². The molecule has 1 N–H and O–H groups in total. The lowest BCUT2D eigenvalue weighted by molar-refractivity contribution is 0.0564. The van der Waals surface area contributed by atoms with Gasteiger partial charge in [-0.25, -0.2) is 9.18 Å². The summed E-state index contributed by atoms with van der Waals surface area (Å²) in [5.74, 6) is -0.350. The van der Waals surface area contributed by atoms with E-state index < -0.39 is 5.82 Å². The summed E-state index contributed by atoms with van der Waals surface area (Å²) >= 11 is 0. The van der Waals surface area contributed by atoms with E-state index in [-0.39, 0.29) is 11.8 Å². The Labute approximate surface area is 104 Å². The number of rotatable bonds is 2. The van der Waals surface area contributed by atoms with Crippen LogP contribution in [0, 0.1) is 5.82 Å². The largest absolute Gasteiger partial charge is 0.494 e. The Kier molecular flexibility index (Phi) is 3.99. The number of nitrogens with one attached hydrogen (secondary N) is 1. The van der Waals surface area contributed by atoms with Gasteiger partial charge in [0.05, 0.1) is 20.3 Å². The van der Waals surface area contributed by atoms with Gasteiger partial charge in [-0.05, 0) is 12.1 Å². The summed E-state index contributed by atoms with van der Waals surface area (Å²) in [7, 11) is 1.39. The highest BCUT2D eigenvalue weighted by molar-refractivity contribution is 5.89. The standard InChI is InChI=1S/C12H15FN2O3/c1-17-11-3-2-9(8-10(11)13)14-12(16)15-4-6-18-7-5-15/h2-3,8H,4-7H2,1H3,(H,14,16). The molecule has 1 aliphatic rings. The van der Waals surface area contributed by atoms with Crippen LogP contribution in [-0.2, 0) is 4.74 Å². The van der Waals surface area contributed by atoms with Gasteiger partial charge in [-0.1, -0.05) is 0 Å². The maximum absolute atomic E-state index is 13.4. The summed E-state index contributed by atoms with van der Waals surface area (Å²) in [6, 6.07) is 4.06. The van der Waals surface area contributed by atoms with Crippen molar-refractivity contribution in [2.24, 2.45) is 0 Å². The fraction of sp³-hybridized carbons (Fsp3) is 0.417. The van der Waals surface area contributed by atoms with Crippen LogP contribution in [-0.4, -0.2) is 44.3 Å². The topological polar surface area (TPSA) is 50.8 Å². The molecule has 0 saturated carbocycles. The molecule has 18 heavy (non-hydrogen) atoms. The summed E-state index contributed by atoms with van der Waals surface area (Å²) in [5.41, 5.74) is 0.407. The third-order valence-electron chi connectivity index (χ3n) is 2.70. The number of nitrogens with zero attached hydrogens (tertiary/aromatic N) is 1. The lowest BCUT2D eigenvalue weighted by Crippen LogP contribution is -2.43. The number of methoxy groups -OCH3 is 1. The molecule has 0 atom stereocenters. The van der Waals surface area contributed by atoms with Gasteiger partial charge < -0.3 is 19.7 Å². The quantitative estimate of drug-likeness (QED) is 0.874. The van der Waals surface area contributed by atoms with Gasteiger partial charge in [0.15, 0.2) is 11.6 Å². The van der Waals surface area contributed by atoms with Crippen molar-refractivity contribution >= 4 is 11.7 Å². The van der Waals surface area contributed by atoms with Crippen molar-refractivity contribution in [1.29, 1.82) is 0 Å². The average molecular weight is 254 g/mol. The zero-order valence-electron chi connectivity index (χ0n) is 10.1. The van der Waals surface area contributed by atoms with E-state index in [1.807, 2.05) is 0 Å². The van der Waals surface area contributed by atoms with Crippen LogP contribution in [0.5, 0.6) is 5.75 Å². The lowest BCUT2D eigenvalue weighted by atomic mass is 10.3. The summed E-state index contributed by atoms with van der Waals surface area (Å²) < 4.78 is 23.4. The Balaban J connectivity index is 2.00. The van der Waals surface area contributed by atoms with Crippen molar-refractivity contribution < 1.29 is 18.7 Å². The van der Waals surface area contributed by atoms with Gasteiger partial charge in [0.25, 0.3) is 0 Å². The number of urea groups is 1. The number of carbonyl (C=O) groups excluding carboxylic acids is 1. The number of hydrogen-bond donors (Lipinski definition) is 1. The number of ether oxygens (including phenoxy) is 2. The minimum Gasteiger partial charge on any atom is -0.494 e. The molecule has 5 nitrogen and oxygen atoms in total. The Morgan fingerprint density at radius 2 is 2.17 bits per heavy atom. The summed E-state index contributed by atoms with van der Waals surface area (Å²) in [6.07, 6.45) is 0. The molecule has 0 radical (unpaired) electrons. The van der Waals surface area contributed by atoms with Crippen LogP contribution in [0.2, 0.25) is 0 Å². The minimum absolute atomic E-state index is 0.152. The monoisotopic (exact) mass is 254 g/mol. The van der Waals surface area contributed by atoms with Crippen LogP contribution >= 0.6 is 0 Å². The molecular weight excluding hydrogens is 239 g/mol. The molecule has 2 amide bonds.